The second kappa shape index (κ2) is 3.40. The molecule has 0 aromatic heterocycles. The molecule has 1 saturated carbocycles. The standard InChI is InChI=1S/C10H18O/c1-3-4-7-10(11)8-5-6-9(10)2/h11H,2-8H2,1H3. The molecule has 1 aliphatic carbocycles. The van der Waals surface area contributed by atoms with Crippen molar-refractivity contribution >= 4 is 0 Å². The van der Waals surface area contributed by atoms with Gasteiger partial charge in [-0.2, -0.15) is 0 Å². The Morgan fingerprint density at radius 2 is 2.36 bits per heavy atom. The van der Waals surface area contributed by atoms with Gasteiger partial charge in [0.1, 0.15) is 0 Å². The van der Waals surface area contributed by atoms with Crippen LogP contribution >= 0.6 is 0 Å². The fraction of sp³-hybridized carbons (Fsp3) is 0.800. The lowest BCUT2D eigenvalue weighted by Crippen LogP contribution is -2.25. The normalized spacial score (nSPS) is 31.3. The molecule has 0 heterocycles. The summed E-state index contributed by atoms with van der Waals surface area (Å²) in [4.78, 5) is 0. The highest BCUT2D eigenvalue weighted by atomic mass is 16.3. The highest BCUT2D eigenvalue weighted by Gasteiger charge is 2.33. The lowest BCUT2D eigenvalue weighted by molar-refractivity contribution is 0.0736. The van der Waals surface area contributed by atoms with E-state index in [4.69, 9.17) is 0 Å². The molecule has 0 aromatic carbocycles. The topological polar surface area (TPSA) is 20.2 Å². The minimum absolute atomic E-state index is 0.490. The Morgan fingerprint density at radius 3 is 2.82 bits per heavy atom. The van der Waals surface area contributed by atoms with Gasteiger partial charge >= 0.3 is 0 Å². The van der Waals surface area contributed by atoms with Crippen molar-refractivity contribution in [3.63, 3.8) is 0 Å². The van der Waals surface area contributed by atoms with Crippen LogP contribution < -0.4 is 0 Å². The van der Waals surface area contributed by atoms with Gasteiger partial charge in [0.15, 0.2) is 0 Å². The molecule has 0 aliphatic heterocycles. The van der Waals surface area contributed by atoms with E-state index in [9.17, 15) is 5.11 Å². The minimum Gasteiger partial charge on any atom is -0.386 e. The van der Waals surface area contributed by atoms with Crippen molar-refractivity contribution in [2.75, 3.05) is 0 Å². The molecule has 1 atom stereocenters. The minimum atomic E-state index is -0.490. The quantitative estimate of drug-likeness (QED) is 0.619. The van der Waals surface area contributed by atoms with Crippen molar-refractivity contribution in [3.8, 4) is 0 Å². The van der Waals surface area contributed by atoms with Gasteiger partial charge in [-0.15, -0.1) is 0 Å². The smallest absolute Gasteiger partial charge is 0.0854 e. The van der Waals surface area contributed by atoms with Crippen LogP contribution in [0.5, 0.6) is 0 Å². The molecule has 1 N–H and O–H groups in total. The highest BCUT2D eigenvalue weighted by molar-refractivity contribution is 5.16. The van der Waals surface area contributed by atoms with Crippen LogP contribution in [0, 0.1) is 0 Å². The molecule has 1 nitrogen and oxygen atoms in total. The van der Waals surface area contributed by atoms with Crippen LogP contribution in [-0.2, 0) is 0 Å². The lowest BCUT2D eigenvalue weighted by Gasteiger charge is -2.23. The molecule has 0 saturated heterocycles. The van der Waals surface area contributed by atoms with E-state index in [0.29, 0.717) is 0 Å². The molecule has 1 fully saturated rings. The number of hydrogen-bond acceptors (Lipinski definition) is 1. The SMILES string of the molecule is C=C1CCCC1(O)CCCC. The van der Waals surface area contributed by atoms with Crippen molar-refractivity contribution in [2.24, 2.45) is 0 Å². The summed E-state index contributed by atoms with van der Waals surface area (Å²) in [5.74, 6) is 0. The Kier molecular flexibility index (Phi) is 2.72. The zero-order valence-electron chi connectivity index (χ0n) is 7.40. The van der Waals surface area contributed by atoms with Crippen molar-refractivity contribution in [2.45, 2.75) is 51.0 Å². The Hall–Kier alpha value is -0.300. The van der Waals surface area contributed by atoms with Gasteiger partial charge < -0.3 is 5.11 Å². The average Bonchev–Trinajstić information content (AvgIpc) is 2.30. The van der Waals surface area contributed by atoms with Crippen LogP contribution in [0.4, 0.5) is 0 Å². The molecule has 0 aromatic rings. The zero-order chi connectivity index (χ0) is 8.32. The molecule has 0 spiro atoms. The van der Waals surface area contributed by atoms with Crippen LogP contribution in [0.2, 0.25) is 0 Å². The lowest BCUT2D eigenvalue weighted by atomic mass is 9.92. The molecule has 64 valence electrons. The summed E-state index contributed by atoms with van der Waals surface area (Å²) < 4.78 is 0. The molecule has 1 aliphatic rings. The predicted octanol–water partition coefficient (Wildman–Crippen LogP) is 2.65. The molecule has 0 bridgehead atoms. The second-order valence-corrected chi connectivity index (χ2v) is 3.59. The Balaban J connectivity index is 2.44. The van der Waals surface area contributed by atoms with E-state index in [1.165, 1.54) is 0 Å². The maximum atomic E-state index is 9.99. The van der Waals surface area contributed by atoms with Crippen LogP contribution in [0.15, 0.2) is 12.2 Å². The van der Waals surface area contributed by atoms with Crippen LogP contribution in [0.1, 0.15) is 45.4 Å². The van der Waals surface area contributed by atoms with E-state index < -0.39 is 5.60 Å². The summed E-state index contributed by atoms with van der Waals surface area (Å²) in [7, 11) is 0. The monoisotopic (exact) mass is 154 g/mol. The van der Waals surface area contributed by atoms with Crippen molar-refractivity contribution in [1.82, 2.24) is 0 Å². The van der Waals surface area contributed by atoms with Gasteiger partial charge in [0.25, 0.3) is 0 Å². The van der Waals surface area contributed by atoms with E-state index in [2.05, 4.69) is 13.5 Å². The first-order valence-corrected chi connectivity index (χ1v) is 4.59. The molecule has 1 rings (SSSR count). The number of rotatable bonds is 3. The summed E-state index contributed by atoms with van der Waals surface area (Å²) in [6.07, 6.45) is 6.29. The van der Waals surface area contributed by atoms with Gasteiger partial charge in [0.05, 0.1) is 5.60 Å². The molecule has 11 heavy (non-hydrogen) atoms. The van der Waals surface area contributed by atoms with E-state index in [1.807, 2.05) is 0 Å². The molecule has 0 amide bonds. The highest BCUT2D eigenvalue weighted by Crippen LogP contribution is 2.37. The number of aliphatic hydroxyl groups is 1. The number of hydrogen-bond donors (Lipinski definition) is 1. The third kappa shape index (κ3) is 1.84. The van der Waals surface area contributed by atoms with E-state index in [0.717, 1.165) is 44.1 Å². The van der Waals surface area contributed by atoms with Crippen LogP contribution in [0.3, 0.4) is 0 Å². The van der Waals surface area contributed by atoms with E-state index >= 15 is 0 Å². The molecule has 1 heteroatoms. The Bertz CT molecular complexity index is 151. The largest absolute Gasteiger partial charge is 0.386 e. The predicted molar refractivity (Wildman–Crippen MR) is 47.5 cm³/mol. The Labute approximate surface area is 69.1 Å². The summed E-state index contributed by atoms with van der Waals surface area (Å²) in [5, 5.41) is 9.99. The summed E-state index contributed by atoms with van der Waals surface area (Å²) in [6, 6.07) is 0. The third-order valence-corrected chi connectivity index (χ3v) is 2.67. The third-order valence-electron chi connectivity index (χ3n) is 2.67. The van der Waals surface area contributed by atoms with Gasteiger partial charge in [-0.1, -0.05) is 26.3 Å². The Morgan fingerprint density at radius 1 is 1.64 bits per heavy atom. The van der Waals surface area contributed by atoms with Gasteiger partial charge in [-0.05, 0) is 31.3 Å². The molecular weight excluding hydrogens is 136 g/mol. The summed E-state index contributed by atoms with van der Waals surface area (Å²) >= 11 is 0. The van der Waals surface area contributed by atoms with Gasteiger partial charge in [0.2, 0.25) is 0 Å². The maximum absolute atomic E-state index is 9.99. The molecular formula is C10H18O. The van der Waals surface area contributed by atoms with Crippen molar-refractivity contribution in [1.29, 1.82) is 0 Å². The zero-order valence-corrected chi connectivity index (χ0v) is 7.40. The van der Waals surface area contributed by atoms with Gasteiger partial charge in [0, 0.05) is 0 Å². The van der Waals surface area contributed by atoms with Crippen molar-refractivity contribution in [3.05, 3.63) is 12.2 Å². The van der Waals surface area contributed by atoms with Crippen LogP contribution in [0.25, 0.3) is 0 Å². The maximum Gasteiger partial charge on any atom is 0.0854 e. The fourth-order valence-electron chi connectivity index (χ4n) is 1.77. The van der Waals surface area contributed by atoms with E-state index in [1.54, 1.807) is 0 Å². The summed E-state index contributed by atoms with van der Waals surface area (Å²) in [6.45, 7) is 6.06. The van der Waals surface area contributed by atoms with Gasteiger partial charge in [-0.3, -0.25) is 0 Å². The average molecular weight is 154 g/mol. The first-order valence-electron chi connectivity index (χ1n) is 4.59. The van der Waals surface area contributed by atoms with E-state index in [-0.39, 0.29) is 0 Å². The summed E-state index contributed by atoms with van der Waals surface area (Å²) in [5.41, 5.74) is 0.571. The van der Waals surface area contributed by atoms with Gasteiger partial charge in [-0.25, -0.2) is 0 Å². The second-order valence-electron chi connectivity index (χ2n) is 3.59. The number of unbranched alkanes of at least 4 members (excludes halogenated alkanes) is 1. The molecule has 0 radical (unpaired) electrons. The van der Waals surface area contributed by atoms with Crippen molar-refractivity contribution < 1.29 is 5.11 Å². The fourth-order valence-corrected chi connectivity index (χ4v) is 1.77. The first kappa shape index (κ1) is 8.79. The van der Waals surface area contributed by atoms with Crippen LogP contribution in [-0.4, -0.2) is 10.7 Å². The first-order chi connectivity index (χ1) is 5.19. The molecule has 1 unspecified atom stereocenters.